The van der Waals surface area contributed by atoms with Crippen molar-refractivity contribution < 1.29 is 66.7 Å². The number of fused-ring (bicyclic) bond motifs is 2. The first-order valence-corrected chi connectivity index (χ1v) is 20.2. The van der Waals surface area contributed by atoms with Crippen LogP contribution in [0.25, 0.3) is 0 Å². The van der Waals surface area contributed by atoms with Gasteiger partial charge in [-0.15, -0.1) is 0 Å². The molecule has 0 aromatic rings. The van der Waals surface area contributed by atoms with Crippen LogP contribution >= 0.6 is 0 Å². The van der Waals surface area contributed by atoms with Gasteiger partial charge in [-0.2, -0.15) is 0 Å². The van der Waals surface area contributed by atoms with Gasteiger partial charge in [-0.25, -0.2) is 28.8 Å². The number of hydrogen-bond acceptors (Lipinski definition) is 14. The quantitative estimate of drug-likeness (QED) is 0.0596. The number of amides is 2. The molecule has 5 fully saturated rings. The summed E-state index contributed by atoms with van der Waals surface area (Å²) in [5.74, 6) is -0.523. The lowest BCUT2D eigenvalue weighted by Crippen LogP contribution is -2.39. The van der Waals surface area contributed by atoms with Crippen LogP contribution in [-0.4, -0.2) is 114 Å². The average Bonchev–Trinajstić information content (AvgIpc) is 4.11. The summed E-state index contributed by atoms with van der Waals surface area (Å²) in [5, 5.41) is 5.05. The van der Waals surface area contributed by atoms with E-state index < -0.39 is 48.3 Å². The van der Waals surface area contributed by atoms with E-state index in [-0.39, 0.29) is 91.3 Å². The number of nitrogens with one attached hydrogen (secondary N) is 2. The summed E-state index contributed by atoms with van der Waals surface area (Å²) >= 11 is 0. The van der Waals surface area contributed by atoms with E-state index in [0.29, 0.717) is 36.4 Å². The van der Waals surface area contributed by atoms with E-state index in [0.717, 1.165) is 25.7 Å². The lowest BCUT2D eigenvalue weighted by molar-refractivity contribution is -0.144. The minimum absolute atomic E-state index is 0.0205. The van der Waals surface area contributed by atoms with E-state index in [1.54, 1.807) is 0 Å². The van der Waals surface area contributed by atoms with Gasteiger partial charge >= 0.3 is 36.1 Å². The molecule has 5 aliphatic carbocycles. The van der Waals surface area contributed by atoms with E-state index in [9.17, 15) is 28.8 Å². The van der Waals surface area contributed by atoms with Crippen LogP contribution in [0.1, 0.15) is 66.7 Å². The fourth-order valence-corrected chi connectivity index (χ4v) is 10.1. The van der Waals surface area contributed by atoms with Crippen LogP contribution in [0, 0.1) is 39.4 Å². The maximum Gasteiger partial charge on any atom is 0.407 e. The van der Waals surface area contributed by atoms with Crippen molar-refractivity contribution in [1.29, 1.82) is 0 Å². The average molecular weight is 829 g/mol. The highest BCUT2D eigenvalue weighted by Crippen LogP contribution is 3.13. The zero-order valence-electron chi connectivity index (χ0n) is 35.0. The number of esters is 4. The molecule has 326 valence electrons. The number of ether oxygens (including phenoxy) is 8. The Labute approximate surface area is 345 Å². The molecule has 9 unspecified atom stereocenters. The van der Waals surface area contributed by atoms with Gasteiger partial charge in [0.15, 0.2) is 12.2 Å². The summed E-state index contributed by atoms with van der Waals surface area (Å²) < 4.78 is 44.0. The first kappa shape index (κ1) is 45.4. The number of carbonyl (C=O) groups excluding carboxylic acids is 6. The van der Waals surface area contributed by atoms with E-state index in [2.05, 4.69) is 43.9 Å². The van der Waals surface area contributed by atoms with Crippen LogP contribution in [-0.2, 0) is 57.1 Å². The summed E-state index contributed by atoms with van der Waals surface area (Å²) in [4.78, 5) is 72.4. The smallest absolute Gasteiger partial charge is 0.407 e. The summed E-state index contributed by atoms with van der Waals surface area (Å²) in [7, 11) is 0. The van der Waals surface area contributed by atoms with E-state index in [4.69, 9.17) is 37.9 Å². The molecule has 5 saturated carbocycles. The molecule has 2 spiro atoms. The Bertz CT molecular complexity index is 1740. The fourth-order valence-electron chi connectivity index (χ4n) is 10.1. The van der Waals surface area contributed by atoms with Gasteiger partial charge in [0.2, 0.25) is 0 Å². The topological polar surface area (TPSA) is 200 Å². The molecule has 5 rings (SSSR count). The number of hydrogen-bond donors (Lipinski definition) is 2. The molecule has 0 aromatic heterocycles. The summed E-state index contributed by atoms with van der Waals surface area (Å²) in [6.07, 6.45) is 2.11. The largest absolute Gasteiger partial charge is 0.460 e. The number of rotatable bonds is 24. The Hall–Kier alpha value is -4.70. The van der Waals surface area contributed by atoms with Crippen molar-refractivity contribution in [3.63, 3.8) is 0 Å². The van der Waals surface area contributed by atoms with Gasteiger partial charge in [0.1, 0.15) is 26.4 Å². The van der Waals surface area contributed by atoms with Crippen molar-refractivity contribution in [3.8, 4) is 0 Å². The normalized spacial score (nSPS) is 29.5. The zero-order chi connectivity index (χ0) is 43.3. The molecule has 0 aromatic carbocycles. The molecule has 0 radical (unpaired) electrons. The highest BCUT2D eigenvalue weighted by molar-refractivity contribution is 5.88. The van der Waals surface area contributed by atoms with Crippen LogP contribution in [0.15, 0.2) is 48.6 Å². The van der Waals surface area contributed by atoms with Crippen LogP contribution in [0.4, 0.5) is 9.59 Å². The molecule has 2 N–H and O–H groups in total. The third-order valence-corrected chi connectivity index (χ3v) is 12.7. The monoisotopic (exact) mass is 828 g/mol. The van der Waals surface area contributed by atoms with Gasteiger partial charge in [-0.05, 0) is 93.8 Å². The first-order valence-electron chi connectivity index (χ1n) is 20.2. The molecular formula is C43H60N2O14. The predicted molar refractivity (Wildman–Crippen MR) is 210 cm³/mol. The molecule has 9 atom stereocenters. The van der Waals surface area contributed by atoms with Gasteiger partial charge in [0, 0.05) is 27.7 Å². The van der Waals surface area contributed by atoms with Crippen molar-refractivity contribution >= 4 is 36.1 Å². The lowest BCUT2D eigenvalue weighted by atomic mass is 9.64. The Morgan fingerprint density at radius 3 is 1.54 bits per heavy atom. The summed E-state index contributed by atoms with van der Waals surface area (Å²) in [6, 6.07) is 0. The standard InChI is InChI=1S/C43H60N2O14/c1-25(2)34(46)54-14-12-44-38(50)58-29(20-56-36(48)27(5)6)18-52-23-40(9)11-10-32-31(16-40)33-17-42(33)41(22-43(32,41)42)24-53-19-30(21-57-37(49)28(7)8)59-39(51)45-13-15-55-35(47)26(3)4/h29-33H,1,3,5,7,10-24H2,2,4,6,8-9H3,(H,44,50)(H,45,51). The van der Waals surface area contributed by atoms with Crippen LogP contribution in [0.3, 0.4) is 0 Å². The Balaban J connectivity index is 1.07. The highest BCUT2D eigenvalue weighted by Gasteiger charge is 3.10. The lowest BCUT2D eigenvalue weighted by Gasteiger charge is -2.43. The molecule has 5 aliphatic rings. The van der Waals surface area contributed by atoms with Gasteiger partial charge in [-0.1, -0.05) is 33.2 Å². The minimum Gasteiger partial charge on any atom is -0.460 e. The minimum atomic E-state index is -0.871. The molecule has 16 heteroatoms. The van der Waals surface area contributed by atoms with Crippen molar-refractivity contribution in [2.75, 3.05) is 65.9 Å². The molecule has 2 amide bonds. The van der Waals surface area contributed by atoms with Crippen molar-refractivity contribution in [2.45, 2.75) is 78.9 Å². The second-order valence-electron chi connectivity index (χ2n) is 17.4. The van der Waals surface area contributed by atoms with Crippen molar-refractivity contribution in [1.82, 2.24) is 10.6 Å². The Morgan fingerprint density at radius 2 is 1.07 bits per heavy atom. The molecular weight excluding hydrogens is 768 g/mol. The molecule has 16 nitrogen and oxygen atoms in total. The third kappa shape index (κ3) is 9.69. The van der Waals surface area contributed by atoms with Crippen molar-refractivity contribution in [2.24, 2.45) is 39.4 Å². The van der Waals surface area contributed by atoms with E-state index in [1.807, 2.05) is 0 Å². The molecule has 0 saturated heterocycles. The SMILES string of the molecule is C=C(C)C(=O)OCCNC(=O)OC(COCC1(C)CCC2C(C1)C1CC13C1(COCC(COC(=O)C(=C)C)OC(=O)NCCOC(=O)C(=C)C)CC213)COC(=O)C(=C)C. The third-order valence-electron chi connectivity index (χ3n) is 12.7. The second kappa shape index (κ2) is 18.3. The zero-order valence-corrected chi connectivity index (χ0v) is 35.0. The Kier molecular flexibility index (Phi) is 14.1. The molecule has 0 aliphatic heterocycles. The van der Waals surface area contributed by atoms with Crippen molar-refractivity contribution in [3.05, 3.63) is 48.6 Å². The van der Waals surface area contributed by atoms with Crippen LogP contribution < -0.4 is 10.6 Å². The van der Waals surface area contributed by atoms with Gasteiger partial charge in [0.05, 0.1) is 39.5 Å². The highest BCUT2D eigenvalue weighted by atomic mass is 16.6. The van der Waals surface area contributed by atoms with Crippen LogP contribution in [0.5, 0.6) is 0 Å². The first-order chi connectivity index (χ1) is 27.8. The van der Waals surface area contributed by atoms with E-state index >= 15 is 0 Å². The van der Waals surface area contributed by atoms with Gasteiger partial charge in [0.25, 0.3) is 0 Å². The summed E-state index contributed by atoms with van der Waals surface area (Å²) in [5.41, 5.74) is 1.56. The number of carbonyl (C=O) groups is 6. The summed E-state index contributed by atoms with van der Waals surface area (Å²) in [6.45, 7) is 23.2. The van der Waals surface area contributed by atoms with Crippen LogP contribution in [0.2, 0.25) is 0 Å². The second-order valence-corrected chi connectivity index (χ2v) is 17.4. The van der Waals surface area contributed by atoms with E-state index in [1.165, 1.54) is 34.1 Å². The maximum absolute atomic E-state index is 12.5. The maximum atomic E-state index is 12.5. The predicted octanol–water partition coefficient (Wildman–Crippen LogP) is 4.52. The Morgan fingerprint density at radius 1 is 0.610 bits per heavy atom. The number of alkyl carbamates (subject to hydrolysis) is 2. The molecule has 59 heavy (non-hydrogen) atoms. The van der Waals surface area contributed by atoms with Gasteiger partial charge < -0.3 is 48.5 Å². The molecule has 0 bridgehead atoms. The molecule has 0 heterocycles. The fraction of sp³-hybridized carbons (Fsp3) is 0.674. The van der Waals surface area contributed by atoms with Gasteiger partial charge in [-0.3, -0.25) is 0 Å².